The van der Waals surface area contributed by atoms with Gasteiger partial charge >= 0.3 is 0 Å². The van der Waals surface area contributed by atoms with Crippen molar-refractivity contribution in [2.45, 2.75) is 38.9 Å². The monoisotopic (exact) mass is 243 g/mol. The van der Waals surface area contributed by atoms with E-state index >= 15 is 0 Å². The maximum atomic E-state index is 5.37. The summed E-state index contributed by atoms with van der Waals surface area (Å²) < 4.78 is 5.37. The Labute approximate surface area is 106 Å². The summed E-state index contributed by atoms with van der Waals surface area (Å²) in [7, 11) is 3.99. The molecule has 0 amide bonds. The molecule has 1 N–H and O–H groups in total. The topological polar surface area (TPSA) is 27.7 Å². The van der Waals surface area contributed by atoms with Gasteiger partial charge in [0.1, 0.15) is 0 Å². The average Bonchev–Trinajstić information content (AvgIpc) is 2.24. The molecule has 1 rings (SSSR count). The van der Waals surface area contributed by atoms with Gasteiger partial charge in [-0.05, 0) is 14.0 Å². The zero-order valence-electron chi connectivity index (χ0n) is 12.1. The highest BCUT2D eigenvalue weighted by Gasteiger charge is 2.27. The van der Waals surface area contributed by atoms with Gasteiger partial charge in [0.05, 0.1) is 6.61 Å². The van der Waals surface area contributed by atoms with Crippen LogP contribution >= 0.6 is 0 Å². The van der Waals surface area contributed by atoms with Crippen LogP contribution in [-0.4, -0.2) is 74.9 Å². The SMILES string of the molecule is COCC(CNC(C)C)N1CCN(C)CC1C. The Kier molecular flexibility index (Phi) is 6.41. The fourth-order valence-corrected chi connectivity index (χ4v) is 2.53. The summed E-state index contributed by atoms with van der Waals surface area (Å²) in [6, 6.07) is 1.64. The van der Waals surface area contributed by atoms with Crippen LogP contribution in [0, 0.1) is 0 Å². The first kappa shape index (κ1) is 14.9. The second-order valence-electron chi connectivity index (χ2n) is 5.52. The summed E-state index contributed by atoms with van der Waals surface area (Å²) in [6.45, 7) is 12.0. The van der Waals surface area contributed by atoms with Gasteiger partial charge in [0.15, 0.2) is 0 Å². The predicted molar refractivity (Wildman–Crippen MR) is 72.5 cm³/mol. The van der Waals surface area contributed by atoms with Crippen LogP contribution in [0.5, 0.6) is 0 Å². The maximum Gasteiger partial charge on any atom is 0.0630 e. The van der Waals surface area contributed by atoms with E-state index in [0.717, 1.165) is 32.8 Å². The summed E-state index contributed by atoms with van der Waals surface area (Å²) in [4.78, 5) is 4.99. The minimum absolute atomic E-state index is 0.492. The van der Waals surface area contributed by atoms with Crippen LogP contribution in [0.2, 0.25) is 0 Å². The number of ether oxygens (including phenoxy) is 1. The van der Waals surface area contributed by atoms with Crippen molar-refractivity contribution in [2.75, 3.05) is 46.9 Å². The number of likely N-dealkylation sites (N-methyl/N-ethyl adjacent to an activating group) is 1. The number of methoxy groups -OCH3 is 1. The number of hydrogen-bond donors (Lipinski definition) is 1. The molecule has 1 saturated heterocycles. The second-order valence-corrected chi connectivity index (χ2v) is 5.52. The zero-order valence-corrected chi connectivity index (χ0v) is 12.1. The molecule has 0 radical (unpaired) electrons. The highest BCUT2D eigenvalue weighted by Crippen LogP contribution is 2.12. The maximum absolute atomic E-state index is 5.37. The fourth-order valence-electron chi connectivity index (χ4n) is 2.53. The minimum Gasteiger partial charge on any atom is -0.383 e. The lowest BCUT2D eigenvalue weighted by Crippen LogP contribution is -2.58. The van der Waals surface area contributed by atoms with Gasteiger partial charge in [-0.15, -0.1) is 0 Å². The molecular formula is C13H29N3O. The standard InChI is InChI=1S/C13H29N3O/c1-11(2)14-8-13(10-17-5)16-7-6-15(4)9-12(16)3/h11-14H,6-10H2,1-5H3. The Balaban J connectivity index is 2.50. The molecule has 2 unspecified atom stereocenters. The van der Waals surface area contributed by atoms with E-state index in [0.29, 0.717) is 18.1 Å². The van der Waals surface area contributed by atoms with Crippen LogP contribution in [-0.2, 0) is 4.74 Å². The van der Waals surface area contributed by atoms with Crippen molar-refractivity contribution in [2.24, 2.45) is 0 Å². The van der Waals surface area contributed by atoms with Crippen molar-refractivity contribution in [1.29, 1.82) is 0 Å². The minimum atomic E-state index is 0.492. The largest absolute Gasteiger partial charge is 0.383 e. The third-order valence-corrected chi connectivity index (χ3v) is 3.47. The Morgan fingerprint density at radius 1 is 1.35 bits per heavy atom. The highest BCUT2D eigenvalue weighted by molar-refractivity contribution is 4.84. The lowest BCUT2D eigenvalue weighted by molar-refractivity contribution is 0.0223. The molecule has 1 aliphatic heterocycles. The lowest BCUT2D eigenvalue weighted by Gasteiger charge is -2.43. The van der Waals surface area contributed by atoms with Crippen molar-refractivity contribution >= 4 is 0 Å². The van der Waals surface area contributed by atoms with E-state index in [4.69, 9.17) is 4.74 Å². The molecular weight excluding hydrogens is 214 g/mol. The van der Waals surface area contributed by atoms with Gasteiger partial charge in [0.25, 0.3) is 0 Å². The van der Waals surface area contributed by atoms with Crippen LogP contribution in [0.25, 0.3) is 0 Å². The molecule has 102 valence electrons. The smallest absolute Gasteiger partial charge is 0.0630 e. The van der Waals surface area contributed by atoms with Crippen LogP contribution in [0.4, 0.5) is 0 Å². The predicted octanol–water partition coefficient (Wildman–Crippen LogP) is 0.635. The number of nitrogens with zero attached hydrogens (tertiary/aromatic N) is 2. The quantitative estimate of drug-likeness (QED) is 0.741. The van der Waals surface area contributed by atoms with Crippen LogP contribution in [0.3, 0.4) is 0 Å². The Bertz CT molecular complexity index is 211. The fraction of sp³-hybridized carbons (Fsp3) is 1.00. The molecule has 1 fully saturated rings. The van der Waals surface area contributed by atoms with Gasteiger partial charge in [-0.25, -0.2) is 0 Å². The molecule has 1 aliphatic rings. The number of rotatable bonds is 6. The first-order chi connectivity index (χ1) is 8.04. The van der Waals surface area contributed by atoms with E-state index in [1.807, 2.05) is 0 Å². The van der Waals surface area contributed by atoms with E-state index in [-0.39, 0.29) is 0 Å². The second kappa shape index (κ2) is 7.31. The summed E-state index contributed by atoms with van der Waals surface area (Å²) in [5.74, 6) is 0. The van der Waals surface area contributed by atoms with Gasteiger partial charge < -0.3 is 15.0 Å². The van der Waals surface area contributed by atoms with E-state index in [1.165, 1.54) is 0 Å². The third kappa shape index (κ3) is 4.92. The van der Waals surface area contributed by atoms with Crippen LogP contribution in [0.1, 0.15) is 20.8 Å². The molecule has 0 aromatic carbocycles. The van der Waals surface area contributed by atoms with Gasteiger partial charge in [-0.1, -0.05) is 13.8 Å². The summed E-state index contributed by atoms with van der Waals surface area (Å²) in [5.41, 5.74) is 0. The molecule has 0 aromatic heterocycles. The average molecular weight is 243 g/mol. The van der Waals surface area contributed by atoms with E-state index < -0.39 is 0 Å². The summed E-state index contributed by atoms with van der Waals surface area (Å²) in [5, 5.41) is 3.52. The number of nitrogens with one attached hydrogen (secondary N) is 1. The molecule has 1 heterocycles. The van der Waals surface area contributed by atoms with Gasteiger partial charge in [-0.2, -0.15) is 0 Å². The molecule has 0 bridgehead atoms. The van der Waals surface area contributed by atoms with Crippen molar-refractivity contribution in [3.8, 4) is 0 Å². The Morgan fingerprint density at radius 3 is 2.59 bits per heavy atom. The van der Waals surface area contributed by atoms with Gasteiger partial charge in [-0.3, -0.25) is 4.90 Å². The molecule has 17 heavy (non-hydrogen) atoms. The molecule has 4 heteroatoms. The first-order valence-electron chi connectivity index (χ1n) is 6.71. The highest BCUT2D eigenvalue weighted by atomic mass is 16.5. The van der Waals surface area contributed by atoms with E-state index in [2.05, 4.69) is 42.9 Å². The van der Waals surface area contributed by atoms with Gasteiger partial charge in [0.2, 0.25) is 0 Å². The van der Waals surface area contributed by atoms with Crippen molar-refractivity contribution in [1.82, 2.24) is 15.1 Å². The van der Waals surface area contributed by atoms with Crippen LogP contribution < -0.4 is 5.32 Å². The van der Waals surface area contributed by atoms with Crippen LogP contribution in [0.15, 0.2) is 0 Å². The van der Waals surface area contributed by atoms with Gasteiger partial charge in [0, 0.05) is 51.4 Å². The summed E-state index contributed by atoms with van der Waals surface area (Å²) in [6.07, 6.45) is 0. The molecule has 0 aromatic rings. The molecule has 0 spiro atoms. The van der Waals surface area contributed by atoms with E-state index in [1.54, 1.807) is 7.11 Å². The molecule has 0 aliphatic carbocycles. The molecule has 2 atom stereocenters. The van der Waals surface area contributed by atoms with Crippen molar-refractivity contribution in [3.63, 3.8) is 0 Å². The zero-order chi connectivity index (χ0) is 12.8. The number of piperazine rings is 1. The first-order valence-corrected chi connectivity index (χ1v) is 6.71. The van der Waals surface area contributed by atoms with Crippen molar-refractivity contribution in [3.05, 3.63) is 0 Å². The lowest BCUT2D eigenvalue weighted by atomic mass is 10.1. The molecule has 0 saturated carbocycles. The van der Waals surface area contributed by atoms with Crippen molar-refractivity contribution < 1.29 is 4.74 Å². The Hall–Kier alpha value is -0.160. The van der Waals surface area contributed by atoms with E-state index in [9.17, 15) is 0 Å². The Morgan fingerprint density at radius 2 is 2.06 bits per heavy atom. The third-order valence-electron chi connectivity index (χ3n) is 3.47. The number of hydrogen-bond acceptors (Lipinski definition) is 4. The normalized spacial score (nSPS) is 25.4. The molecule has 4 nitrogen and oxygen atoms in total. The summed E-state index contributed by atoms with van der Waals surface area (Å²) >= 11 is 0.